The molecule has 3 aromatic rings. The predicted molar refractivity (Wildman–Crippen MR) is 158 cm³/mol. The summed E-state index contributed by atoms with van der Waals surface area (Å²) in [6.45, 7) is 3.65. The standard InChI is InChI=1S/C33H39F2NO7/c1-3-40-30(31(37)38)24-25-12-14-26(15-13-25)41-23-22-36(21-9-5-8-20-33(2,34)35)32(39)43-29-18-16-28(17-19-29)42-27-10-6-4-7-11-27/h4,6-7,10-19,30H,3,5,8-9,20-24H2,1-2H3,(H,37,38). The second-order valence-corrected chi connectivity index (χ2v) is 10.1. The van der Waals surface area contributed by atoms with Gasteiger partial charge in [-0.15, -0.1) is 0 Å². The third-order valence-corrected chi connectivity index (χ3v) is 6.43. The van der Waals surface area contributed by atoms with Crippen molar-refractivity contribution in [3.63, 3.8) is 0 Å². The molecule has 0 saturated heterocycles. The van der Waals surface area contributed by atoms with Crippen LogP contribution in [0.2, 0.25) is 0 Å². The first kappa shape index (κ1) is 33.3. The molecule has 10 heteroatoms. The molecule has 0 fully saturated rings. The first-order chi connectivity index (χ1) is 20.6. The second kappa shape index (κ2) is 17.1. The van der Waals surface area contributed by atoms with E-state index in [9.17, 15) is 23.5 Å². The van der Waals surface area contributed by atoms with Crippen molar-refractivity contribution in [2.45, 2.75) is 58.0 Å². The summed E-state index contributed by atoms with van der Waals surface area (Å²) < 4.78 is 48.8. The van der Waals surface area contributed by atoms with E-state index in [0.29, 0.717) is 55.4 Å². The van der Waals surface area contributed by atoms with E-state index in [2.05, 4.69) is 0 Å². The lowest BCUT2D eigenvalue weighted by molar-refractivity contribution is -0.149. The van der Waals surface area contributed by atoms with E-state index in [4.69, 9.17) is 18.9 Å². The molecule has 8 nitrogen and oxygen atoms in total. The van der Waals surface area contributed by atoms with Gasteiger partial charge in [0.15, 0.2) is 6.10 Å². The quantitative estimate of drug-likeness (QED) is 0.150. The van der Waals surface area contributed by atoms with E-state index in [1.165, 1.54) is 4.90 Å². The summed E-state index contributed by atoms with van der Waals surface area (Å²) in [4.78, 5) is 25.9. The molecule has 0 radical (unpaired) electrons. The normalized spacial score (nSPS) is 11.9. The van der Waals surface area contributed by atoms with Crippen molar-refractivity contribution in [1.29, 1.82) is 0 Å². The molecule has 0 spiro atoms. The number of alkyl halides is 2. The molecule has 43 heavy (non-hydrogen) atoms. The zero-order valence-electron chi connectivity index (χ0n) is 24.5. The van der Waals surface area contributed by atoms with Crippen LogP contribution >= 0.6 is 0 Å². The molecule has 0 aromatic heterocycles. The minimum Gasteiger partial charge on any atom is -0.492 e. The Hall–Kier alpha value is -4.18. The summed E-state index contributed by atoms with van der Waals surface area (Å²) in [5.41, 5.74) is 0.788. The van der Waals surface area contributed by atoms with Gasteiger partial charge >= 0.3 is 12.1 Å². The Kier molecular flexibility index (Phi) is 13.2. The number of benzene rings is 3. The first-order valence-corrected chi connectivity index (χ1v) is 14.4. The summed E-state index contributed by atoms with van der Waals surface area (Å²) in [6, 6.07) is 23.0. The number of halogens is 2. The number of carboxylic acids is 1. The fraction of sp³-hybridized carbons (Fsp3) is 0.394. The number of carboxylic acid groups (broad SMARTS) is 1. The molecule has 0 aliphatic carbocycles. The molecule has 1 amide bonds. The fourth-order valence-corrected chi connectivity index (χ4v) is 4.20. The van der Waals surface area contributed by atoms with Gasteiger partial charge in [-0.2, -0.15) is 0 Å². The average molecular weight is 600 g/mol. The van der Waals surface area contributed by atoms with Gasteiger partial charge < -0.3 is 29.0 Å². The van der Waals surface area contributed by atoms with Crippen LogP contribution in [0.3, 0.4) is 0 Å². The van der Waals surface area contributed by atoms with Gasteiger partial charge in [-0.05, 0) is 80.8 Å². The number of carbonyl (C=O) groups is 2. The van der Waals surface area contributed by atoms with Gasteiger partial charge in [-0.3, -0.25) is 0 Å². The molecule has 3 rings (SSSR count). The van der Waals surface area contributed by atoms with Gasteiger partial charge in [0.2, 0.25) is 5.92 Å². The summed E-state index contributed by atoms with van der Waals surface area (Å²) in [5, 5.41) is 9.29. The van der Waals surface area contributed by atoms with Crippen molar-refractivity contribution in [1.82, 2.24) is 4.90 Å². The van der Waals surface area contributed by atoms with Crippen LogP contribution in [-0.2, 0) is 16.0 Å². The highest BCUT2D eigenvalue weighted by Gasteiger charge is 2.21. The maximum absolute atomic E-state index is 13.2. The van der Waals surface area contributed by atoms with E-state index >= 15 is 0 Å². The molecule has 0 saturated carbocycles. The molecule has 0 aliphatic rings. The highest BCUT2D eigenvalue weighted by molar-refractivity contribution is 5.72. The van der Waals surface area contributed by atoms with Gasteiger partial charge in [0.05, 0.1) is 6.54 Å². The number of unbranched alkanes of at least 4 members (excludes halogenated alkanes) is 2. The molecule has 0 aliphatic heterocycles. The van der Waals surface area contributed by atoms with Crippen molar-refractivity contribution in [2.24, 2.45) is 0 Å². The van der Waals surface area contributed by atoms with Gasteiger partial charge in [0.25, 0.3) is 0 Å². The smallest absolute Gasteiger partial charge is 0.415 e. The second-order valence-electron chi connectivity index (χ2n) is 10.1. The Morgan fingerprint density at radius 2 is 1.47 bits per heavy atom. The number of carbonyl (C=O) groups excluding carboxylic acids is 1. The Bertz CT molecular complexity index is 1250. The summed E-state index contributed by atoms with van der Waals surface area (Å²) in [6.07, 6.45) is -0.0453. The summed E-state index contributed by atoms with van der Waals surface area (Å²) in [7, 11) is 0. The van der Waals surface area contributed by atoms with E-state index in [0.717, 1.165) is 12.5 Å². The number of ether oxygens (including phenoxy) is 4. The Morgan fingerprint density at radius 3 is 2.09 bits per heavy atom. The molecule has 1 atom stereocenters. The number of aliphatic carboxylic acids is 1. The minimum absolute atomic E-state index is 0.169. The molecule has 3 aromatic carbocycles. The topological polar surface area (TPSA) is 94.5 Å². The van der Waals surface area contributed by atoms with E-state index < -0.39 is 24.1 Å². The summed E-state index contributed by atoms with van der Waals surface area (Å²) in [5.74, 6) is -1.57. The van der Waals surface area contributed by atoms with Crippen LogP contribution in [0.5, 0.6) is 23.0 Å². The van der Waals surface area contributed by atoms with Gasteiger partial charge in [-0.1, -0.05) is 36.8 Å². The van der Waals surface area contributed by atoms with Crippen LogP contribution in [0.15, 0.2) is 78.9 Å². The maximum Gasteiger partial charge on any atom is 0.415 e. The Balaban J connectivity index is 1.55. The lowest BCUT2D eigenvalue weighted by Crippen LogP contribution is -2.37. The first-order valence-electron chi connectivity index (χ1n) is 14.4. The number of amides is 1. The highest BCUT2D eigenvalue weighted by atomic mass is 19.3. The molecule has 1 unspecified atom stereocenters. The van der Waals surface area contributed by atoms with Crippen molar-refractivity contribution in [2.75, 3.05) is 26.3 Å². The van der Waals surface area contributed by atoms with Crippen LogP contribution < -0.4 is 14.2 Å². The number of para-hydroxylation sites is 1. The third-order valence-electron chi connectivity index (χ3n) is 6.43. The van der Waals surface area contributed by atoms with Gasteiger partial charge in [0.1, 0.15) is 29.6 Å². The minimum atomic E-state index is -2.71. The Labute approximate surface area is 251 Å². The average Bonchev–Trinajstić information content (AvgIpc) is 2.97. The molecule has 232 valence electrons. The largest absolute Gasteiger partial charge is 0.492 e. The van der Waals surface area contributed by atoms with E-state index in [1.807, 2.05) is 30.3 Å². The monoisotopic (exact) mass is 599 g/mol. The Morgan fingerprint density at radius 1 is 0.837 bits per heavy atom. The van der Waals surface area contributed by atoms with E-state index in [1.54, 1.807) is 55.5 Å². The van der Waals surface area contributed by atoms with Crippen molar-refractivity contribution >= 4 is 12.1 Å². The zero-order chi connectivity index (χ0) is 31.1. The molecule has 0 heterocycles. The lowest BCUT2D eigenvalue weighted by atomic mass is 10.1. The van der Waals surface area contributed by atoms with Crippen molar-refractivity contribution in [3.8, 4) is 23.0 Å². The van der Waals surface area contributed by atoms with Gasteiger partial charge in [-0.25, -0.2) is 18.4 Å². The highest BCUT2D eigenvalue weighted by Crippen LogP contribution is 2.24. The SMILES string of the molecule is CCOC(Cc1ccc(OCCN(CCCCCC(C)(F)F)C(=O)Oc2ccc(Oc3ccccc3)cc2)cc1)C(=O)O. The lowest BCUT2D eigenvalue weighted by Gasteiger charge is -2.22. The maximum atomic E-state index is 13.2. The number of rotatable bonds is 18. The van der Waals surface area contributed by atoms with E-state index in [-0.39, 0.29) is 26.0 Å². The molecule has 0 bridgehead atoms. The number of hydrogen-bond donors (Lipinski definition) is 1. The zero-order valence-corrected chi connectivity index (χ0v) is 24.5. The van der Waals surface area contributed by atoms with Crippen LogP contribution in [0.1, 0.15) is 45.1 Å². The predicted octanol–water partition coefficient (Wildman–Crippen LogP) is 7.61. The third kappa shape index (κ3) is 12.7. The van der Waals surface area contributed by atoms with Crippen molar-refractivity contribution < 1.29 is 42.4 Å². The van der Waals surface area contributed by atoms with Crippen LogP contribution in [0.4, 0.5) is 13.6 Å². The molecule has 1 N–H and O–H groups in total. The summed E-state index contributed by atoms with van der Waals surface area (Å²) >= 11 is 0. The molecular formula is C33H39F2NO7. The number of hydrogen-bond acceptors (Lipinski definition) is 6. The van der Waals surface area contributed by atoms with Gasteiger partial charge in [0, 0.05) is 26.0 Å². The van der Waals surface area contributed by atoms with Crippen LogP contribution in [0.25, 0.3) is 0 Å². The fourth-order valence-electron chi connectivity index (χ4n) is 4.20. The van der Waals surface area contributed by atoms with Crippen molar-refractivity contribution in [3.05, 3.63) is 84.4 Å². The van der Waals surface area contributed by atoms with Crippen LogP contribution in [0, 0.1) is 0 Å². The molecular weight excluding hydrogens is 560 g/mol. The van der Waals surface area contributed by atoms with Crippen LogP contribution in [-0.4, -0.2) is 60.4 Å². The number of nitrogens with zero attached hydrogens (tertiary/aromatic N) is 1.